The van der Waals surface area contributed by atoms with Crippen LogP contribution < -0.4 is 10.6 Å². The molecule has 0 amide bonds. The zero-order valence-electron chi connectivity index (χ0n) is 10.8. The first-order valence-corrected chi connectivity index (χ1v) is 6.91. The Morgan fingerprint density at radius 3 is 2.85 bits per heavy atom. The molecule has 0 bridgehead atoms. The van der Waals surface area contributed by atoms with E-state index in [-0.39, 0.29) is 5.82 Å². The van der Waals surface area contributed by atoms with Crippen molar-refractivity contribution >= 4 is 27.6 Å². The third kappa shape index (κ3) is 2.00. The normalized spacial score (nSPS) is 22.1. The Labute approximate surface area is 124 Å². The number of hydrogen-bond acceptors (Lipinski definition) is 4. The molecule has 3 rings (SSSR count). The SMILES string of the molecule is CC1(c2ccc(Br)o2)CN=C(N)N1c1cccc(F)c1. The summed E-state index contributed by atoms with van der Waals surface area (Å²) in [6, 6.07) is 9.96. The van der Waals surface area contributed by atoms with Gasteiger partial charge in [-0.15, -0.1) is 0 Å². The van der Waals surface area contributed by atoms with E-state index in [1.54, 1.807) is 17.0 Å². The minimum absolute atomic E-state index is 0.315. The van der Waals surface area contributed by atoms with Gasteiger partial charge < -0.3 is 10.2 Å². The lowest BCUT2D eigenvalue weighted by Crippen LogP contribution is -2.47. The van der Waals surface area contributed by atoms with E-state index in [1.807, 2.05) is 19.1 Å². The first-order chi connectivity index (χ1) is 9.50. The van der Waals surface area contributed by atoms with Crippen LogP contribution in [0.4, 0.5) is 10.1 Å². The van der Waals surface area contributed by atoms with Crippen LogP contribution in [0.1, 0.15) is 12.7 Å². The summed E-state index contributed by atoms with van der Waals surface area (Å²) in [5.74, 6) is 0.758. The number of nitrogens with two attached hydrogens (primary N) is 1. The summed E-state index contributed by atoms with van der Waals surface area (Å²) in [6.07, 6.45) is 0. The Bertz CT molecular complexity index is 685. The predicted molar refractivity (Wildman–Crippen MR) is 79.1 cm³/mol. The Morgan fingerprint density at radius 1 is 1.40 bits per heavy atom. The van der Waals surface area contributed by atoms with Gasteiger partial charge in [0.2, 0.25) is 0 Å². The molecule has 1 atom stereocenters. The van der Waals surface area contributed by atoms with Gasteiger partial charge in [-0.2, -0.15) is 0 Å². The van der Waals surface area contributed by atoms with Gasteiger partial charge in [0.05, 0.1) is 6.54 Å². The van der Waals surface area contributed by atoms with Crippen LogP contribution in [0.25, 0.3) is 0 Å². The molecule has 0 aliphatic carbocycles. The van der Waals surface area contributed by atoms with Crippen molar-refractivity contribution in [3.05, 3.63) is 52.6 Å². The maximum absolute atomic E-state index is 13.5. The largest absolute Gasteiger partial charge is 0.452 e. The summed E-state index contributed by atoms with van der Waals surface area (Å²) in [4.78, 5) is 6.08. The molecule has 0 fully saturated rings. The maximum Gasteiger partial charge on any atom is 0.196 e. The molecular weight excluding hydrogens is 325 g/mol. The molecule has 0 saturated carbocycles. The summed E-state index contributed by atoms with van der Waals surface area (Å²) in [5, 5.41) is 0. The molecule has 1 aromatic heterocycles. The van der Waals surface area contributed by atoms with Crippen LogP contribution in [0.2, 0.25) is 0 Å². The average Bonchev–Trinajstić information content (AvgIpc) is 2.95. The summed E-state index contributed by atoms with van der Waals surface area (Å²) >= 11 is 3.29. The molecule has 1 aliphatic heterocycles. The van der Waals surface area contributed by atoms with Crippen LogP contribution >= 0.6 is 15.9 Å². The van der Waals surface area contributed by atoms with Crippen molar-refractivity contribution in [3.8, 4) is 0 Å². The fourth-order valence-corrected chi connectivity index (χ4v) is 2.76. The highest BCUT2D eigenvalue weighted by Gasteiger charge is 2.43. The van der Waals surface area contributed by atoms with Crippen LogP contribution in [-0.4, -0.2) is 12.5 Å². The number of nitrogens with zero attached hydrogens (tertiary/aromatic N) is 2. The number of hydrogen-bond donors (Lipinski definition) is 1. The Balaban J connectivity index is 2.08. The van der Waals surface area contributed by atoms with Crippen LogP contribution in [0.15, 0.2) is 50.5 Å². The van der Waals surface area contributed by atoms with E-state index in [9.17, 15) is 4.39 Å². The van der Waals surface area contributed by atoms with Crippen LogP contribution in [-0.2, 0) is 5.54 Å². The second-order valence-corrected chi connectivity index (χ2v) is 5.65. The van der Waals surface area contributed by atoms with Crippen molar-refractivity contribution in [3.63, 3.8) is 0 Å². The smallest absolute Gasteiger partial charge is 0.196 e. The fourth-order valence-electron chi connectivity index (χ4n) is 2.45. The molecule has 104 valence electrons. The van der Waals surface area contributed by atoms with Crippen molar-refractivity contribution in [2.75, 3.05) is 11.4 Å². The third-order valence-corrected chi connectivity index (χ3v) is 3.87. The van der Waals surface area contributed by atoms with Gasteiger partial charge in [0.25, 0.3) is 0 Å². The van der Waals surface area contributed by atoms with E-state index >= 15 is 0 Å². The monoisotopic (exact) mass is 337 g/mol. The molecule has 0 saturated heterocycles. The average molecular weight is 338 g/mol. The molecule has 1 aliphatic rings. The minimum atomic E-state index is -0.566. The molecule has 6 heteroatoms. The fraction of sp³-hybridized carbons (Fsp3) is 0.214. The number of aliphatic imine (C=N–C) groups is 1. The van der Waals surface area contributed by atoms with E-state index < -0.39 is 5.54 Å². The molecule has 20 heavy (non-hydrogen) atoms. The van der Waals surface area contributed by atoms with Crippen molar-refractivity contribution in [2.45, 2.75) is 12.5 Å². The van der Waals surface area contributed by atoms with Gasteiger partial charge >= 0.3 is 0 Å². The second kappa shape index (κ2) is 4.63. The number of guanidine groups is 1. The Morgan fingerprint density at radius 2 is 2.20 bits per heavy atom. The summed E-state index contributed by atoms with van der Waals surface area (Å²) in [7, 11) is 0. The lowest BCUT2D eigenvalue weighted by atomic mass is 9.97. The Hall–Kier alpha value is -1.82. The van der Waals surface area contributed by atoms with E-state index in [1.165, 1.54) is 12.1 Å². The van der Waals surface area contributed by atoms with Gasteiger partial charge in [-0.3, -0.25) is 9.89 Å². The highest BCUT2D eigenvalue weighted by molar-refractivity contribution is 9.10. The highest BCUT2D eigenvalue weighted by atomic mass is 79.9. The van der Waals surface area contributed by atoms with Gasteiger partial charge in [-0.1, -0.05) is 6.07 Å². The van der Waals surface area contributed by atoms with Crippen LogP contribution in [0, 0.1) is 5.82 Å². The summed E-state index contributed by atoms with van der Waals surface area (Å²) < 4.78 is 19.8. The minimum Gasteiger partial charge on any atom is -0.452 e. The molecule has 4 nitrogen and oxygen atoms in total. The van der Waals surface area contributed by atoms with Gasteiger partial charge in [0.15, 0.2) is 10.6 Å². The topological polar surface area (TPSA) is 54.8 Å². The van der Waals surface area contributed by atoms with Crippen molar-refractivity contribution < 1.29 is 8.81 Å². The zero-order valence-corrected chi connectivity index (χ0v) is 12.4. The first-order valence-electron chi connectivity index (χ1n) is 6.12. The number of benzene rings is 1. The third-order valence-electron chi connectivity index (χ3n) is 3.44. The van der Waals surface area contributed by atoms with Crippen molar-refractivity contribution in [1.29, 1.82) is 0 Å². The number of halogens is 2. The van der Waals surface area contributed by atoms with E-state index in [0.29, 0.717) is 22.9 Å². The Kier molecular flexibility index (Phi) is 3.05. The van der Waals surface area contributed by atoms with E-state index in [4.69, 9.17) is 10.2 Å². The van der Waals surface area contributed by atoms with E-state index in [0.717, 1.165) is 5.76 Å². The lowest BCUT2D eigenvalue weighted by molar-refractivity contribution is 0.378. The lowest BCUT2D eigenvalue weighted by Gasteiger charge is -2.34. The van der Waals surface area contributed by atoms with E-state index in [2.05, 4.69) is 20.9 Å². The summed E-state index contributed by atoms with van der Waals surface area (Å²) in [5.41, 5.74) is 6.07. The zero-order chi connectivity index (χ0) is 14.3. The van der Waals surface area contributed by atoms with Crippen LogP contribution in [0.3, 0.4) is 0 Å². The maximum atomic E-state index is 13.5. The predicted octanol–water partition coefficient (Wildman–Crippen LogP) is 3.23. The molecule has 1 aromatic carbocycles. The summed E-state index contributed by atoms with van der Waals surface area (Å²) in [6.45, 7) is 2.42. The molecule has 2 N–H and O–H groups in total. The first kappa shape index (κ1) is 13.2. The standard InChI is InChI=1S/C14H13BrFN3O/c1-14(11-5-6-12(15)20-11)8-18-13(17)19(14)10-4-2-3-9(16)7-10/h2-7H,8H2,1H3,(H2,17,18). The molecular formula is C14H13BrFN3O. The molecule has 0 radical (unpaired) electrons. The van der Waals surface area contributed by atoms with Crippen molar-refractivity contribution in [2.24, 2.45) is 10.7 Å². The van der Waals surface area contributed by atoms with Gasteiger partial charge in [0.1, 0.15) is 17.1 Å². The number of anilines is 1. The number of furan rings is 1. The molecule has 0 spiro atoms. The van der Waals surface area contributed by atoms with Crippen LogP contribution in [0.5, 0.6) is 0 Å². The molecule has 2 aromatic rings. The van der Waals surface area contributed by atoms with Crippen molar-refractivity contribution in [1.82, 2.24) is 0 Å². The molecule has 1 unspecified atom stereocenters. The van der Waals surface area contributed by atoms with Gasteiger partial charge in [-0.25, -0.2) is 4.39 Å². The quantitative estimate of drug-likeness (QED) is 0.915. The highest BCUT2D eigenvalue weighted by Crippen LogP contribution is 2.38. The van der Waals surface area contributed by atoms with Gasteiger partial charge in [-0.05, 0) is 53.2 Å². The second-order valence-electron chi connectivity index (χ2n) is 4.87. The molecule has 2 heterocycles. The number of rotatable bonds is 2. The van der Waals surface area contributed by atoms with Gasteiger partial charge in [0, 0.05) is 5.69 Å².